The summed E-state index contributed by atoms with van der Waals surface area (Å²) in [6.45, 7) is 1.90. The van der Waals surface area contributed by atoms with Gasteiger partial charge in [0.1, 0.15) is 11.9 Å². The summed E-state index contributed by atoms with van der Waals surface area (Å²) >= 11 is 0. The van der Waals surface area contributed by atoms with Crippen LogP contribution >= 0.6 is 0 Å². The van der Waals surface area contributed by atoms with Crippen molar-refractivity contribution >= 4 is 5.97 Å². The Morgan fingerprint density at radius 3 is 2.88 bits per heavy atom. The molecule has 1 aliphatic heterocycles. The number of carbonyl (C=O) groups is 1. The second-order valence-electron chi connectivity index (χ2n) is 4.21. The molecule has 3 nitrogen and oxygen atoms in total. The molecule has 2 atom stereocenters. The van der Waals surface area contributed by atoms with E-state index in [4.69, 9.17) is 5.11 Å². The van der Waals surface area contributed by atoms with Crippen molar-refractivity contribution in [3.05, 3.63) is 35.1 Å². The van der Waals surface area contributed by atoms with Gasteiger partial charge in [-0.05, 0) is 25.8 Å². The molecule has 2 rings (SSSR count). The number of hydrogen-bond acceptors (Lipinski definition) is 2. The molecule has 16 heavy (non-hydrogen) atoms. The lowest BCUT2D eigenvalue weighted by molar-refractivity contribution is -0.139. The molecule has 0 amide bonds. The van der Waals surface area contributed by atoms with E-state index in [9.17, 15) is 9.18 Å². The molecule has 0 saturated carbocycles. The van der Waals surface area contributed by atoms with Gasteiger partial charge in [0.2, 0.25) is 0 Å². The SMILES string of the molecule is Cc1ccc(F)c(C2CCC(C(=O)O)N2)c1. The van der Waals surface area contributed by atoms with Crippen molar-refractivity contribution in [2.75, 3.05) is 0 Å². The number of aryl methyl sites for hydroxylation is 1. The summed E-state index contributed by atoms with van der Waals surface area (Å²) in [5.41, 5.74) is 1.56. The number of aliphatic carboxylic acids is 1. The van der Waals surface area contributed by atoms with E-state index in [1.165, 1.54) is 6.07 Å². The Labute approximate surface area is 93.3 Å². The highest BCUT2D eigenvalue weighted by atomic mass is 19.1. The van der Waals surface area contributed by atoms with Crippen LogP contribution in [0.3, 0.4) is 0 Å². The average Bonchev–Trinajstić information content (AvgIpc) is 2.70. The van der Waals surface area contributed by atoms with Gasteiger partial charge in [0.25, 0.3) is 0 Å². The molecule has 1 aromatic rings. The van der Waals surface area contributed by atoms with Gasteiger partial charge in [0.15, 0.2) is 0 Å². The van der Waals surface area contributed by atoms with Gasteiger partial charge < -0.3 is 5.11 Å². The maximum atomic E-state index is 13.6. The quantitative estimate of drug-likeness (QED) is 0.806. The van der Waals surface area contributed by atoms with Gasteiger partial charge in [-0.15, -0.1) is 0 Å². The fourth-order valence-electron chi connectivity index (χ4n) is 2.11. The molecule has 0 aliphatic carbocycles. The Balaban J connectivity index is 2.20. The van der Waals surface area contributed by atoms with Crippen LogP contribution in [0.1, 0.15) is 30.0 Å². The Bertz CT molecular complexity index is 419. The predicted octanol–water partition coefficient (Wildman–Crippen LogP) is 2.01. The highest BCUT2D eigenvalue weighted by molar-refractivity contribution is 5.73. The van der Waals surface area contributed by atoms with E-state index in [0.717, 1.165) is 5.56 Å². The van der Waals surface area contributed by atoms with E-state index in [2.05, 4.69) is 5.32 Å². The largest absolute Gasteiger partial charge is 0.480 e. The van der Waals surface area contributed by atoms with Gasteiger partial charge in [-0.2, -0.15) is 0 Å². The summed E-state index contributed by atoms with van der Waals surface area (Å²) in [5.74, 6) is -1.13. The Hall–Kier alpha value is -1.42. The maximum absolute atomic E-state index is 13.6. The summed E-state index contributed by atoms with van der Waals surface area (Å²) in [6.07, 6.45) is 1.21. The van der Waals surface area contributed by atoms with Crippen molar-refractivity contribution in [3.8, 4) is 0 Å². The number of carboxylic acids is 1. The van der Waals surface area contributed by atoms with E-state index < -0.39 is 12.0 Å². The first-order valence-corrected chi connectivity index (χ1v) is 5.33. The molecule has 2 N–H and O–H groups in total. The number of carboxylic acid groups (broad SMARTS) is 1. The summed E-state index contributed by atoms with van der Waals surface area (Å²) in [5, 5.41) is 11.8. The lowest BCUT2D eigenvalue weighted by Crippen LogP contribution is -2.32. The van der Waals surface area contributed by atoms with Crippen molar-refractivity contribution in [1.29, 1.82) is 0 Å². The van der Waals surface area contributed by atoms with Crippen molar-refractivity contribution < 1.29 is 14.3 Å². The zero-order valence-corrected chi connectivity index (χ0v) is 9.03. The molecule has 1 heterocycles. The Kier molecular flexibility index (Phi) is 2.92. The van der Waals surface area contributed by atoms with Gasteiger partial charge in [-0.25, -0.2) is 4.39 Å². The molecular formula is C12H14FNO2. The molecule has 1 fully saturated rings. The first-order chi connectivity index (χ1) is 7.58. The molecular weight excluding hydrogens is 209 g/mol. The second kappa shape index (κ2) is 4.22. The first-order valence-electron chi connectivity index (χ1n) is 5.33. The highest BCUT2D eigenvalue weighted by Gasteiger charge is 2.30. The van der Waals surface area contributed by atoms with Crippen molar-refractivity contribution in [2.45, 2.75) is 31.8 Å². The summed E-state index contributed by atoms with van der Waals surface area (Å²) in [7, 11) is 0. The summed E-state index contributed by atoms with van der Waals surface area (Å²) in [4.78, 5) is 10.8. The molecule has 0 bridgehead atoms. The van der Waals surface area contributed by atoms with Gasteiger partial charge in [0, 0.05) is 11.6 Å². The number of nitrogens with one attached hydrogen (secondary N) is 1. The van der Waals surface area contributed by atoms with Gasteiger partial charge in [-0.3, -0.25) is 10.1 Å². The van der Waals surface area contributed by atoms with Crippen molar-refractivity contribution in [3.63, 3.8) is 0 Å². The molecule has 86 valence electrons. The Morgan fingerprint density at radius 1 is 1.50 bits per heavy atom. The zero-order chi connectivity index (χ0) is 11.7. The third kappa shape index (κ3) is 2.07. The fraction of sp³-hybridized carbons (Fsp3) is 0.417. The average molecular weight is 223 g/mol. The van der Waals surface area contributed by atoms with Crippen LogP contribution in [0, 0.1) is 12.7 Å². The lowest BCUT2D eigenvalue weighted by atomic mass is 10.0. The number of rotatable bonds is 2. The molecule has 0 radical (unpaired) electrons. The third-order valence-electron chi connectivity index (χ3n) is 2.97. The summed E-state index contributed by atoms with van der Waals surface area (Å²) < 4.78 is 13.6. The minimum Gasteiger partial charge on any atom is -0.480 e. The van der Waals surface area contributed by atoms with Gasteiger partial charge in [-0.1, -0.05) is 17.7 Å². The molecule has 4 heteroatoms. The van der Waals surface area contributed by atoms with Crippen LogP contribution in [-0.2, 0) is 4.79 Å². The summed E-state index contributed by atoms with van der Waals surface area (Å²) in [6, 6.07) is 4.19. The normalized spacial score (nSPS) is 24.6. The van der Waals surface area contributed by atoms with Crippen LogP contribution in [0.2, 0.25) is 0 Å². The molecule has 2 unspecified atom stereocenters. The van der Waals surface area contributed by atoms with E-state index in [-0.39, 0.29) is 11.9 Å². The van der Waals surface area contributed by atoms with Crippen LogP contribution in [0.25, 0.3) is 0 Å². The Morgan fingerprint density at radius 2 is 2.25 bits per heavy atom. The lowest BCUT2D eigenvalue weighted by Gasteiger charge is -2.13. The van der Waals surface area contributed by atoms with Gasteiger partial charge >= 0.3 is 5.97 Å². The monoisotopic (exact) mass is 223 g/mol. The minimum absolute atomic E-state index is 0.180. The molecule has 1 aromatic carbocycles. The predicted molar refractivity (Wildman–Crippen MR) is 57.7 cm³/mol. The number of benzene rings is 1. The maximum Gasteiger partial charge on any atom is 0.320 e. The van der Waals surface area contributed by atoms with Crippen LogP contribution in [0.4, 0.5) is 4.39 Å². The van der Waals surface area contributed by atoms with Crippen molar-refractivity contribution in [1.82, 2.24) is 5.32 Å². The van der Waals surface area contributed by atoms with Crippen LogP contribution < -0.4 is 5.32 Å². The van der Waals surface area contributed by atoms with E-state index in [1.54, 1.807) is 12.1 Å². The van der Waals surface area contributed by atoms with Crippen molar-refractivity contribution in [2.24, 2.45) is 0 Å². The fourth-order valence-corrected chi connectivity index (χ4v) is 2.11. The third-order valence-corrected chi connectivity index (χ3v) is 2.97. The molecule has 0 spiro atoms. The van der Waals surface area contributed by atoms with Crippen LogP contribution in [0.5, 0.6) is 0 Å². The van der Waals surface area contributed by atoms with E-state index >= 15 is 0 Å². The van der Waals surface area contributed by atoms with E-state index in [1.807, 2.05) is 6.92 Å². The minimum atomic E-state index is -0.865. The van der Waals surface area contributed by atoms with Crippen LogP contribution in [-0.4, -0.2) is 17.1 Å². The molecule has 1 saturated heterocycles. The first kappa shape index (κ1) is 11.1. The standard InChI is InChI=1S/C12H14FNO2/c1-7-2-3-9(13)8(6-7)10-4-5-11(14-10)12(15)16/h2-3,6,10-11,14H,4-5H2,1H3,(H,15,16). The molecule has 1 aliphatic rings. The van der Waals surface area contributed by atoms with E-state index in [0.29, 0.717) is 18.4 Å². The smallest absolute Gasteiger partial charge is 0.320 e. The zero-order valence-electron chi connectivity index (χ0n) is 9.03. The molecule has 0 aromatic heterocycles. The topological polar surface area (TPSA) is 49.3 Å². The van der Waals surface area contributed by atoms with Crippen LogP contribution in [0.15, 0.2) is 18.2 Å². The number of halogens is 1. The number of hydrogen-bond donors (Lipinski definition) is 2. The second-order valence-corrected chi connectivity index (χ2v) is 4.21. The highest BCUT2D eigenvalue weighted by Crippen LogP contribution is 2.28. The van der Waals surface area contributed by atoms with Gasteiger partial charge in [0.05, 0.1) is 0 Å².